The standard InChI is InChI=1S/C20H34BNO3/c1-7-8-10-16(2)11-9-14-23-18-13-12-17(15-22-18)21-24-19(3,4)20(5,6)25-21/h12-13,15-16H,7-11,14H2,1-6H3. The third kappa shape index (κ3) is 5.45. The Morgan fingerprint density at radius 2 is 1.72 bits per heavy atom. The van der Waals surface area contributed by atoms with Crippen molar-refractivity contribution in [2.75, 3.05) is 6.61 Å². The number of nitrogens with zero attached hydrogens (tertiary/aromatic N) is 1. The van der Waals surface area contributed by atoms with Crippen molar-refractivity contribution in [3.05, 3.63) is 18.3 Å². The lowest BCUT2D eigenvalue weighted by atomic mass is 9.80. The number of ether oxygens (including phenoxy) is 1. The summed E-state index contributed by atoms with van der Waals surface area (Å²) in [5.41, 5.74) is 0.266. The van der Waals surface area contributed by atoms with Gasteiger partial charge in [-0.15, -0.1) is 0 Å². The van der Waals surface area contributed by atoms with Gasteiger partial charge in [-0.1, -0.05) is 39.2 Å². The minimum Gasteiger partial charge on any atom is -0.478 e. The van der Waals surface area contributed by atoms with Crippen LogP contribution in [0.3, 0.4) is 0 Å². The van der Waals surface area contributed by atoms with Crippen molar-refractivity contribution in [3.8, 4) is 5.88 Å². The van der Waals surface area contributed by atoms with E-state index in [4.69, 9.17) is 14.0 Å². The van der Waals surface area contributed by atoms with Crippen LogP contribution in [0.2, 0.25) is 0 Å². The Morgan fingerprint density at radius 3 is 2.28 bits per heavy atom. The molecule has 0 amide bonds. The first-order valence-corrected chi connectivity index (χ1v) is 9.69. The molecule has 1 aromatic rings. The first-order chi connectivity index (χ1) is 11.7. The molecule has 1 aliphatic rings. The zero-order valence-corrected chi connectivity index (χ0v) is 16.8. The van der Waals surface area contributed by atoms with E-state index in [1.54, 1.807) is 6.20 Å². The molecule has 0 spiro atoms. The summed E-state index contributed by atoms with van der Waals surface area (Å²) in [6, 6.07) is 3.88. The van der Waals surface area contributed by atoms with Gasteiger partial charge in [0, 0.05) is 11.7 Å². The molecule has 0 saturated carbocycles. The van der Waals surface area contributed by atoms with Crippen LogP contribution in [0.4, 0.5) is 0 Å². The van der Waals surface area contributed by atoms with Gasteiger partial charge in [0.2, 0.25) is 5.88 Å². The Labute approximate surface area is 153 Å². The highest BCUT2D eigenvalue weighted by Gasteiger charge is 2.51. The molecule has 1 aliphatic heterocycles. The Kier molecular flexibility index (Phi) is 6.92. The summed E-state index contributed by atoms with van der Waals surface area (Å²) in [5, 5.41) is 0. The van der Waals surface area contributed by atoms with E-state index in [0.29, 0.717) is 5.88 Å². The molecule has 0 radical (unpaired) electrons. The van der Waals surface area contributed by atoms with Crippen LogP contribution in [-0.4, -0.2) is 29.9 Å². The molecule has 2 rings (SSSR count). The zero-order chi connectivity index (χ0) is 18.5. The summed E-state index contributed by atoms with van der Waals surface area (Å²) in [6.07, 6.45) is 8.00. The van der Waals surface area contributed by atoms with Crippen LogP contribution in [0.25, 0.3) is 0 Å². The van der Waals surface area contributed by atoms with Gasteiger partial charge in [0.05, 0.1) is 17.8 Å². The van der Waals surface area contributed by atoms with Crippen molar-refractivity contribution in [2.24, 2.45) is 5.92 Å². The number of hydrogen-bond acceptors (Lipinski definition) is 4. The van der Waals surface area contributed by atoms with Gasteiger partial charge in [0.15, 0.2) is 0 Å². The summed E-state index contributed by atoms with van der Waals surface area (Å²) in [6.45, 7) is 13.5. The van der Waals surface area contributed by atoms with Crippen LogP contribution >= 0.6 is 0 Å². The fourth-order valence-corrected chi connectivity index (χ4v) is 2.90. The molecule has 0 bridgehead atoms. The van der Waals surface area contributed by atoms with Crippen molar-refractivity contribution in [2.45, 2.75) is 84.8 Å². The second-order valence-electron chi connectivity index (χ2n) is 8.26. The second kappa shape index (κ2) is 8.55. The van der Waals surface area contributed by atoms with Crippen molar-refractivity contribution >= 4 is 12.6 Å². The van der Waals surface area contributed by atoms with Crippen LogP contribution in [0.1, 0.15) is 73.6 Å². The molecule has 1 saturated heterocycles. The minimum absolute atomic E-state index is 0.332. The molecule has 0 aliphatic carbocycles. The number of rotatable bonds is 9. The van der Waals surface area contributed by atoms with Crippen molar-refractivity contribution in [1.29, 1.82) is 0 Å². The molecule has 140 valence electrons. The van der Waals surface area contributed by atoms with Crippen LogP contribution in [-0.2, 0) is 9.31 Å². The SMILES string of the molecule is CCCCC(C)CCCOc1ccc(B2OC(C)(C)C(C)(C)O2)cn1. The Morgan fingerprint density at radius 1 is 1.08 bits per heavy atom. The molecular formula is C20H34BNO3. The Bertz CT molecular complexity index is 514. The monoisotopic (exact) mass is 347 g/mol. The number of pyridine rings is 1. The van der Waals surface area contributed by atoms with Crippen LogP contribution in [0, 0.1) is 5.92 Å². The molecule has 1 unspecified atom stereocenters. The molecule has 1 atom stereocenters. The predicted molar refractivity (Wildman–Crippen MR) is 103 cm³/mol. The maximum atomic E-state index is 6.04. The number of aromatic nitrogens is 1. The average Bonchev–Trinajstić information content (AvgIpc) is 2.78. The molecule has 5 heteroatoms. The molecular weight excluding hydrogens is 313 g/mol. The van der Waals surface area contributed by atoms with E-state index in [1.165, 1.54) is 25.7 Å². The van der Waals surface area contributed by atoms with E-state index in [9.17, 15) is 0 Å². The number of hydrogen-bond donors (Lipinski definition) is 0. The fraction of sp³-hybridized carbons (Fsp3) is 0.750. The van der Waals surface area contributed by atoms with Gasteiger partial charge >= 0.3 is 7.12 Å². The first kappa shape index (κ1) is 20.2. The van der Waals surface area contributed by atoms with Crippen molar-refractivity contribution in [1.82, 2.24) is 4.98 Å². The van der Waals surface area contributed by atoms with Gasteiger partial charge in [-0.25, -0.2) is 4.98 Å². The van der Waals surface area contributed by atoms with Crippen LogP contribution < -0.4 is 10.2 Å². The fourth-order valence-electron chi connectivity index (χ4n) is 2.90. The van der Waals surface area contributed by atoms with Gasteiger partial charge in [0.25, 0.3) is 0 Å². The lowest BCUT2D eigenvalue weighted by molar-refractivity contribution is 0.00578. The summed E-state index contributed by atoms with van der Waals surface area (Å²) in [4.78, 5) is 4.40. The van der Waals surface area contributed by atoms with Gasteiger partial charge in [0.1, 0.15) is 0 Å². The molecule has 25 heavy (non-hydrogen) atoms. The normalized spacial score (nSPS) is 19.8. The molecule has 0 aromatic carbocycles. The van der Waals surface area contributed by atoms with E-state index >= 15 is 0 Å². The zero-order valence-electron chi connectivity index (χ0n) is 16.8. The molecule has 2 heterocycles. The van der Waals surface area contributed by atoms with E-state index in [0.717, 1.165) is 24.4 Å². The van der Waals surface area contributed by atoms with E-state index in [2.05, 4.69) is 46.5 Å². The Hall–Kier alpha value is -1.07. The topological polar surface area (TPSA) is 40.6 Å². The van der Waals surface area contributed by atoms with Gasteiger partial charge in [-0.3, -0.25) is 0 Å². The summed E-state index contributed by atoms with van der Waals surface area (Å²) in [7, 11) is -0.369. The quantitative estimate of drug-likeness (QED) is 0.491. The first-order valence-electron chi connectivity index (χ1n) is 9.69. The third-order valence-corrected chi connectivity index (χ3v) is 5.43. The highest BCUT2D eigenvalue weighted by atomic mass is 16.7. The largest absolute Gasteiger partial charge is 0.496 e. The summed E-state index contributed by atoms with van der Waals surface area (Å²) >= 11 is 0. The summed E-state index contributed by atoms with van der Waals surface area (Å²) < 4.78 is 17.9. The van der Waals surface area contributed by atoms with Crippen molar-refractivity contribution < 1.29 is 14.0 Å². The molecule has 1 fully saturated rings. The lowest BCUT2D eigenvalue weighted by Crippen LogP contribution is -2.41. The van der Waals surface area contributed by atoms with E-state index in [-0.39, 0.29) is 18.3 Å². The molecule has 0 N–H and O–H groups in total. The van der Waals surface area contributed by atoms with Crippen LogP contribution in [0.5, 0.6) is 5.88 Å². The second-order valence-corrected chi connectivity index (χ2v) is 8.26. The highest BCUT2D eigenvalue weighted by molar-refractivity contribution is 6.62. The lowest BCUT2D eigenvalue weighted by Gasteiger charge is -2.32. The number of unbranched alkanes of at least 4 members (excludes halogenated alkanes) is 1. The maximum Gasteiger partial charge on any atom is 0.496 e. The Balaban J connectivity index is 1.77. The minimum atomic E-state index is -0.369. The van der Waals surface area contributed by atoms with Gasteiger partial charge < -0.3 is 14.0 Å². The highest BCUT2D eigenvalue weighted by Crippen LogP contribution is 2.36. The van der Waals surface area contributed by atoms with E-state index in [1.807, 2.05) is 12.1 Å². The van der Waals surface area contributed by atoms with Crippen LogP contribution in [0.15, 0.2) is 18.3 Å². The predicted octanol–water partition coefficient (Wildman–Crippen LogP) is 4.37. The summed E-state index contributed by atoms with van der Waals surface area (Å²) in [5.74, 6) is 1.45. The molecule has 1 aromatic heterocycles. The van der Waals surface area contributed by atoms with Gasteiger partial charge in [-0.05, 0) is 52.5 Å². The van der Waals surface area contributed by atoms with Crippen molar-refractivity contribution in [3.63, 3.8) is 0 Å². The maximum absolute atomic E-state index is 6.04. The van der Waals surface area contributed by atoms with E-state index < -0.39 is 0 Å². The average molecular weight is 347 g/mol. The third-order valence-electron chi connectivity index (χ3n) is 5.43. The van der Waals surface area contributed by atoms with Gasteiger partial charge in [-0.2, -0.15) is 0 Å². The molecule has 4 nitrogen and oxygen atoms in total. The smallest absolute Gasteiger partial charge is 0.478 e.